The van der Waals surface area contributed by atoms with Crippen molar-refractivity contribution in [3.63, 3.8) is 0 Å². The second kappa shape index (κ2) is 40.8. The Morgan fingerprint density at radius 2 is 1.11 bits per heavy atom. The number of aliphatic hydroxyl groups is 4. The highest BCUT2D eigenvalue weighted by atomic mass is 32.3. The fraction of sp³-hybridized carbons (Fsp3) is 0.900. The molecule has 0 aromatic heterocycles. The van der Waals surface area contributed by atoms with Crippen LogP contribution in [0.25, 0.3) is 0 Å². The van der Waals surface area contributed by atoms with E-state index in [-0.39, 0.29) is 12.5 Å². The van der Waals surface area contributed by atoms with Crippen LogP contribution in [0.15, 0.2) is 24.3 Å². The Hall–Kier alpha value is -1.42. The van der Waals surface area contributed by atoms with Crippen molar-refractivity contribution in [1.82, 2.24) is 5.32 Å². The molecule has 6 N–H and O–H groups in total. The van der Waals surface area contributed by atoms with Gasteiger partial charge in [-0.25, -0.2) is 4.18 Å². The van der Waals surface area contributed by atoms with Crippen LogP contribution in [0.3, 0.4) is 0 Å². The molecule has 7 unspecified atom stereocenters. The molecular weight excluding hydrogens is 823 g/mol. The molecule has 1 saturated heterocycles. The average Bonchev–Trinajstić information content (AvgIpc) is 3.25. The number of rotatable bonds is 44. The lowest BCUT2D eigenvalue weighted by molar-refractivity contribution is -0.298. The molecule has 0 aromatic carbocycles. The summed E-state index contributed by atoms with van der Waals surface area (Å²) in [6.07, 6.45) is 38.9. The second-order valence-electron chi connectivity index (χ2n) is 18.1. The predicted molar refractivity (Wildman–Crippen MR) is 255 cm³/mol. The Kier molecular flexibility index (Phi) is 38.6. The number of unbranched alkanes of at least 4 members (excludes halogenated alkanes) is 28. The summed E-state index contributed by atoms with van der Waals surface area (Å²) in [5.41, 5.74) is 0. The van der Waals surface area contributed by atoms with E-state index < -0.39 is 59.9 Å². The van der Waals surface area contributed by atoms with Crippen molar-refractivity contribution in [1.29, 1.82) is 0 Å². The third-order valence-electron chi connectivity index (χ3n) is 12.3. The smallest absolute Gasteiger partial charge is 0.394 e. The Morgan fingerprint density at radius 1 is 0.651 bits per heavy atom. The van der Waals surface area contributed by atoms with Crippen LogP contribution in [0.2, 0.25) is 0 Å². The summed E-state index contributed by atoms with van der Waals surface area (Å²) in [6.45, 7) is 3.36. The number of nitrogens with one attached hydrogen (secondary N) is 1. The van der Waals surface area contributed by atoms with Gasteiger partial charge >= 0.3 is 10.4 Å². The van der Waals surface area contributed by atoms with E-state index in [1.165, 1.54) is 141 Å². The number of hydrogen-bond donors (Lipinski definition) is 6. The van der Waals surface area contributed by atoms with Crippen molar-refractivity contribution < 1.29 is 51.8 Å². The Balaban J connectivity index is 2.40. The van der Waals surface area contributed by atoms with Gasteiger partial charge in [-0.05, 0) is 38.5 Å². The Labute approximate surface area is 384 Å². The number of hydrogen-bond acceptors (Lipinski definition) is 10. The molecule has 372 valence electrons. The van der Waals surface area contributed by atoms with Crippen molar-refractivity contribution in [2.24, 2.45) is 0 Å². The molecule has 1 amide bonds. The van der Waals surface area contributed by atoms with E-state index >= 15 is 0 Å². The Morgan fingerprint density at radius 3 is 1.59 bits per heavy atom. The summed E-state index contributed by atoms with van der Waals surface area (Å²) in [7, 11) is -5.08. The summed E-state index contributed by atoms with van der Waals surface area (Å²) in [5.74, 6) is -0.229. The van der Waals surface area contributed by atoms with Crippen molar-refractivity contribution >= 4 is 16.3 Å². The molecule has 1 aliphatic heterocycles. The van der Waals surface area contributed by atoms with Crippen LogP contribution in [-0.4, -0.2) is 95.4 Å². The van der Waals surface area contributed by atoms with E-state index in [0.717, 1.165) is 64.2 Å². The van der Waals surface area contributed by atoms with Crippen LogP contribution in [0, 0.1) is 0 Å². The summed E-state index contributed by atoms with van der Waals surface area (Å²) < 4.78 is 47.8. The quantitative estimate of drug-likeness (QED) is 0.0194. The van der Waals surface area contributed by atoms with E-state index in [1.54, 1.807) is 0 Å². The van der Waals surface area contributed by atoms with Gasteiger partial charge in [-0.1, -0.05) is 212 Å². The third-order valence-corrected chi connectivity index (χ3v) is 12.7. The minimum Gasteiger partial charge on any atom is -0.394 e. The number of carbonyl (C=O) groups excluding carboxylic acids is 1. The first kappa shape index (κ1) is 59.6. The summed E-state index contributed by atoms with van der Waals surface area (Å²) in [4.78, 5) is 13.1. The first-order valence-electron chi connectivity index (χ1n) is 25.7. The first-order valence-corrected chi connectivity index (χ1v) is 27.1. The molecule has 12 nitrogen and oxygen atoms in total. The highest BCUT2D eigenvalue weighted by molar-refractivity contribution is 7.80. The lowest BCUT2D eigenvalue weighted by Crippen LogP contribution is -2.61. The number of amides is 1. The van der Waals surface area contributed by atoms with Crippen molar-refractivity contribution in [2.75, 3.05) is 13.2 Å². The zero-order chi connectivity index (χ0) is 46.2. The summed E-state index contributed by atoms with van der Waals surface area (Å²) in [6, 6.07) is -0.856. The zero-order valence-electron chi connectivity index (χ0n) is 39.9. The molecule has 0 bridgehead atoms. The van der Waals surface area contributed by atoms with Gasteiger partial charge in [-0.3, -0.25) is 9.35 Å². The van der Waals surface area contributed by atoms with Gasteiger partial charge in [0.1, 0.15) is 24.4 Å². The minimum absolute atomic E-state index is 0.229. The number of ether oxygens (including phenoxy) is 2. The molecule has 1 aliphatic rings. The topological polar surface area (TPSA) is 192 Å². The third kappa shape index (κ3) is 33.7. The van der Waals surface area contributed by atoms with Gasteiger partial charge in [0.25, 0.3) is 0 Å². The van der Waals surface area contributed by atoms with Gasteiger partial charge in [-0.2, -0.15) is 8.42 Å². The lowest BCUT2D eigenvalue weighted by atomic mass is 9.99. The molecule has 0 spiro atoms. The molecule has 0 aliphatic carbocycles. The van der Waals surface area contributed by atoms with Crippen molar-refractivity contribution in [3.8, 4) is 0 Å². The first-order chi connectivity index (χ1) is 30.5. The molecule has 0 aromatic rings. The second-order valence-corrected chi connectivity index (χ2v) is 19.1. The number of allylic oxidation sites excluding steroid dienone is 4. The van der Waals surface area contributed by atoms with Crippen LogP contribution >= 0.6 is 0 Å². The van der Waals surface area contributed by atoms with E-state index in [9.17, 15) is 38.2 Å². The van der Waals surface area contributed by atoms with Gasteiger partial charge in [0.15, 0.2) is 6.29 Å². The van der Waals surface area contributed by atoms with Crippen molar-refractivity contribution in [3.05, 3.63) is 24.3 Å². The van der Waals surface area contributed by atoms with E-state index in [4.69, 9.17) is 9.47 Å². The monoisotopic (exact) mass is 918 g/mol. The predicted octanol–water partition coefficient (Wildman–Crippen LogP) is 10.9. The summed E-state index contributed by atoms with van der Waals surface area (Å²) >= 11 is 0. The molecule has 1 rings (SSSR count). The molecule has 7 atom stereocenters. The van der Waals surface area contributed by atoms with Gasteiger partial charge in [-0.15, -0.1) is 0 Å². The maximum atomic E-state index is 13.1. The van der Waals surface area contributed by atoms with Crippen LogP contribution in [0.5, 0.6) is 0 Å². The molecule has 0 saturated carbocycles. The van der Waals surface area contributed by atoms with Gasteiger partial charge in [0.05, 0.1) is 25.4 Å². The maximum absolute atomic E-state index is 13.1. The standard InChI is InChI=1S/C50H95NO11S/c1-3-5-7-9-11-13-15-17-19-20-21-22-23-24-26-28-30-32-34-36-38-40-46(54)51-43(42-60-50-48(56)49(62-63(57,58)59)47(55)45(41-52)61-50)44(53)39-37-35-33-31-29-27-25-18-16-14-12-10-8-6-4-2/h5,7,11,13,43-45,47-50,52-53,55-56H,3-4,6,8-10,12,14-42H2,1-2H3,(H,51,54)(H,57,58,59)/b7-5-,13-11-. The highest BCUT2D eigenvalue weighted by Crippen LogP contribution is 2.26. The highest BCUT2D eigenvalue weighted by Gasteiger charge is 2.48. The average molecular weight is 918 g/mol. The Bertz CT molecular complexity index is 1220. The van der Waals surface area contributed by atoms with Crippen LogP contribution in [0.1, 0.15) is 232 Å². The summed E-state index contributed by atoms with van der Waals surface area (Å²) in [5, 5.41) is 45.0. The zero-order valence-corrected chi connectivity index (χ0v) is 40.7. The number of carbonyl (C=O) groups is 1. The van der Waals surface area contributed by atoms with Crippen LogP contribution in [-0.2, 0) is 28.9 Å². The normalized spacial score (nSPS) is 20.5. The molecule has 1 fully saturated rings. The fourth-order valence-electron chi connectivity index (χ4n) is 8.32. The molecule has 0 radical (unpaired) electrons. The van der Waals surface area contributed by atoms with Gasteiger partial charge in [0.2, 0.25) is 5.91 Å². The van der Waals surface area contributed by atoms with E-state index in [1.807, 2.05) is 0 Å². The lowest BCUT2D eigenvalue weighted by Gasteiger charge is -2.41. The van der Waals surface area contributed by atoms with E-state index in [0.29, 0.717) is 12.8 Å². The SMILES string of the molecule is CC/C=C\C/C=C\CCCCCCCCCCCCCCCCC(=O)NC(COC1OC(CO)C(O)C(OS(=O)(=O)O)C1O)C(O)CCCCCCCCCCCCCCCCC. The van der Waals surface area contributed by atoms with Gasteiger partial charge < -0.3 is 35.2 Å². The molecular formula is C50H95NO11S. The minimum atomic E-state index is -5.08. The molecule has 13 heteroatoms. The molecule has 63 heavy (non-hydrogen) atoms. The van der Waals surface area contributed by atoms with Crippen LogP contribution < -0.4 is 5.32 Å². The van der Waals surface area contributed by atoms with Crippen molar-refractivity contribution in [2.45, 2.75) is 275 Å². The number of aliphatic hydroxyl groups excluding tert-OH is 4. The largest absolute Gasteiger partial charge is 0.397 e. The van der Waals surface area contributed by atoms with E-state index in [2.05, 4.69) is 47.7 Å². The fourth-order valence-corrected chi connectivity index (χ4v) is 8.83. The maximum Gasteiger partial charge on any atom is 0.397 e. The van der Waals surface area contributed by atoms with Crippen LogP contribution in [0.4, 0.5) is 0 Å². The molecule has 1 heterocycles. The van der Waals surface area contributed by atoms with Gasteiger partial charge in [0, 0.05) is 6.42 Å².